The number of thiophene rings is 1. The number of carboxylic acids is 1. The van der Waals surface area contributed by atoms with E-state index in [0.717, 1.165) is 11.3 Å². The summed E-state index contributed by atoms with van der Waals surface area (Å²) in [7, 11) is -3.96. The fourth-order valence-corrected chi connectivity index (χ4v) is 6.20. The van der Waals surface area contributed by atoms with E-state index in [0.29, 0.717) is 10.2 Å². The van der Waals surface area contributed by atoms with E-state index in [4.69, 9.17) is 38.4 Å². The molecule has 8 N–H and O–H groups in total. The lowest BCUT2D eigenvalue weighted by molar-refractivity contribution is -0.192. The molecule has 0 saturated carbocycles. The Kier molecular flexibility index (Phi) is 8.59. The second kappa shape index (κ2) is 11.2. The molecule has 1 saturated heterocycles. The van der Waals surface area contributed by atoms with Crippen LogP contribution in [0.1, 0.15) is 17.5 Å². The van der Waals surface area contributed by atoms with Gasteiger partial charge in [-0.3, -0.25) is 10.2 Å². The molecule has 39 heavy (non-hydrogen) atoms. The molecule has 1 amide bonds. The smallest absolute Gasteiger partial charge is 0.490 e. The Balaban J connectivity index is 0.000000532. The van der Waals surface area contributed by atoms with Gasteiger partial charge in [0.2, 0.25) is 5.91 Å². The normalized spacial score (nSPS) is 15.7. The first kappa shape index (κ1) is 29.9. The number of likely N-dealkylation sites (tertiary alicyclic amines) is 1. The van der Waals surface area contributed by atoms with Gasteiger partial charge in [-0.25, -0.2) is 18.2 Å². The van der Waals surface area contributed by atoms with Crippen molar-refractivity contribution in [1.29, 1.82) is 5.41 Å². The maximum absolute atomic E-state index is 12.9. The molecule has 2 aromatic heterocycles. The van der Waals surface area contributed by atoms with Crippen molar-refractivity contribution < 1.29 is 41.4 Å². The van der Waals surface area contributed by atoms with Crippen LogP contribution in [-0.2, 0) is 26.2 Å². The number of sulfonamides is 1. The Bertz CT molecular complexity index is 1560. The Hall–Kier alpha value is -3.67. The molecule has 3 heterocycles. The van der Waals surface area contributed by atoms with Crippen molar-refractivity contribution in [1.82, 2.24) is 14.6 Å². The second-order valence-electron chi connectivity index (χ2n) is 8.05. The van der Waals surface area contributed by atoms with Crippen molar-refractivity contribution in [3.05, 3.63) is 46.6 Å². The van der Waals surface area contributed by atoms with Crippen LogP contribution in [-0.4, -0.2) is 65.0 Å². The molecule has 1 aliphatic heterocycles. The molecule has 1 aliphatic rings. The number of halogens is 4. The molecule has 12 nitrogen and oxygen atoms in total. The number of pyridine rings is 1. The van der Waals surface area contributed by atoms with Gasteiger partial charge in [0.05, 0.1) is 22.3 Å². The molecule has 0 radical (unpaired) electrons. The fourth-order valence-electron chi connectivity index (χ4n) is 3.49. The third-order valence-electron chi connectivity index (χ3n) is 5.38. The van der Waals surface area contributed by atoms with Crippen molar-refractivity contribution in [2.75, 3.05) is 12.3 Å². The van der Waals surface area contributed by atoms with Gasteiger partial charge in [0, 0.05) is 17.8 Å². The van der Waals surface area contributed by atoms with Crippen LogP contribution in [0.5, 0.6) is 5.75 Å². The van der Waals surface area contributed by atoms with Gasteiger partial charge in [-0.15, -0.1) is 11.3 Å². The van der Waals surface area contributed by atoms with Crippen LogP contribution < -0.4 is 16.2 Å². The minimum Gasteiger partial charge on any atom is -0.507 e. The van der Waals surface area contributed by atoms with Gasteiger partial charge < -0.3 is 26.6 Å². The second-order valence-corrected chi connectivity index (χ2v) is 11.5. The number of aromatic hydroxyl groups is 1. The first-order valence-corrected chi connectivity index (χ1v) is 13.3. The molecule has 4 rings (SSSR count). The van der Waals surface area contributed by atoms with E-state index >= 15 is 0 Å². The molecule has 18 heteroatoms. The SMILES string of the molecule is N=C(N)c1ccc(N)c(CN2CCC(NS(=O)(=O)c3cc4nc(Cl)ccc4s3)C2=O)c1O.O=C(O)C(F)(F)F. The number of aliphatic carboxylic acids is 1. The fraction of sp³-hybridized carbons (Fsp3) is 0.238. The van der Waals surface area contributed by atoms with Crippen LogP contribution in [0.4, 0.5) is 18.9 Å². The van der Waals surface area contributed by atoms with Gasteiger partial charge in [0.15, 0.2) is 0 Å². The predicted octanol–water partition coefficient (Wildman–Crippen LogP) is 2.23. The third-order valence-corrected chi connectivity index (χ3v) is 8.62. The third kappa shape index (κ3) is 6.86. The minimum absolute atomic E-state index is 0.0320. The number of phenolic OH excluding ortho intramolecular Hbond substituents is 1. The molecule has 1 unspecified atom stereocenters. The number of amides is 1. The highest BCUT2D eigenvalue weighted by atomic mass is 35.5. The van der Waals surface area contributed by atoms with Crippen LogP contribution in [0, 0.1) is 5.41 Å². The van der Waals surface area contributed by atoms with Gasteiger partial charge >= 0.3 is 12.1 Å². The summed E-state index contributed by atoms with van der Waals surface area (Å²) >= 11 is 6.89. The summed E-state index contributed by atoms with van der Waals surface area (Å²) in [4.78, 5) is 27.3. The van der Waals surface area contributed by atoms with Crippen molar-refractivity contribution in [3.63, 3.8) is 0 Å². The first-order valence-electron chi connectivity index (χ1n) is 10.6. The summed E-state index contributed by atoms with van der Waals surface area (Å²) in [6.07, 6.45) is -4.83. The Labute approximate surface area is 227 Å². The summed E-state index contributed by atoms with van der Waals surface area (Å²) in [6, 6.07) is 6.63. The molecular formula is C21H20ClF3N6O6S2. The number of nitrogen functional groups attached to an aromatic ring is 2. The predicted molar refractivity (Wildman–Crippen MR) is 136 cm³/mol. The van der Waals surface area contributed by atoms with E-state index in [1.807, 2.05) is 0 Å². The lowest BCUT2D eigenvalue weighted by atomic mass is 10.1. The van der Waals surface area contributed by atoms with Crippen molar-refractivity contribution in [3.8, 4) is 5.75 Å². The highest BCUT2D eigenvalue weighted by molar-refractivity contribution is 7.91. The van der Waals surface area contributed by atoms with Crippen molar-refractivity contribution in [2.24, 2.45) is 5.73 Å². The number of rotatable bonds is 6. The first-order chi connectivity index (χ1) is 18.0. The Morgan fingerprint density at radius 2 is 1.95 bits per heavy atom. The zero-order valence-corrected chi connectivity index (χ0v) is 21.9. The number of aromatic nitrogens is 1. The number of anilines is 1. The van der Waals surface area contributed by atoms with Crippen LogP contribution in [0.2, 0.25) is 5.15 Å². The number of benzene rings is 1. The summed E-state index contributed by atoms with van der Waals surface area (Å²) in [6.45, 7) is 0.222. The van der Waals surface area contributed by atoms with Crippen molar-refractivity contribution in [2.45, 2.75) is 29.4 Å². The van der Waals surface area contributed by atoms with Crippen LogP contribution in [0.25, 0.3) is 10.2 Å². The number of nitrogens with two attached hydrogens (primary N) is 2. The maximum Gasteiger partial charge on any atom is 0.490 e. The molecule has 1 fully saturated rings. The molecule has 0 bridgehead atoms. The molecule has 210 valence electrons. The topological polar surface area (TPSA) is 213 Å². The van der Waals surface area contributed by atoms with E-state index in [1.54, 1.807) is 12.1 Å². The number of nitrogens with one attached hydrogen (secondary N) is 2. The molecule has 0 spiro atoms. The van der Waals surface area contributed by atoms with Gasteiger partial charge in [-0.05, 0) is 36.8 Å². The number of hydrogen-bond acceptors (Lipinski definition) is 9. The van der Waals surface area contributed by atoms with E-state index < -0.39 is 34.1 Å². The monoisotopic (exact) mass is 608 g/mol. The summed E-state index contributed by atoms with van der Waals surface area (Å²) < 4.78 is 60.6. The van der Waals surface area contributed by atoms with E-state index in [1.165, 1.54) is 23.1 Å². The highest BCUT2D eigenvalue weighted by Crippen LogP contribution is 2.32. The molecule has 1 atom stereocenters. The van der Waals surface area contributed by atoms with Crippen molar-refractivity contribution >= 4 is 66.6 Å². The molecule has 0 aliphatic carbocycles. The highest BCUT2D eigenvalue weighted by Gasteiger charge is 2.38. The van der Waals surface area contributed by atoms with E-state index in [9.17, 15) is 31.5 Å². The average molecular weight is 609 g/mol. The summed E-state index contributed by atoms with van der Waals surface area (Å²) in [5, 5.41) is 25.3. The van der Waals surface area contributed by atoms with E-state index in [2.05, 4.69) is 9.71 Å². The number of fused-ring (bicyclic) bond motifs is 1. The van der Waals surface area contributed by atoms with Gasteiger partial charge in [-0.2, -0.15) is 17.9 Å². The lowest BCUT2D eigenvalue weighted by Gasteiger charge is -2.20. The zero-order valence-electron chi connectivity index (χ0n) is 19.5. The standard InChI is InChI=1S/C19H19ClN6O4S2.C2HF3O2/c20-15-4-3-14-13(24-15)7-16(31-14)32(29,30)25-12-5-6-26(19(12)28)8-10-11(21)2-1-9(17(10)27)18(22)23;3-2(4,5)1(6)7/h1-4,7,12,25,27H,5-6,8,21H2,(H3,22,23);(H,6,7). The van der Waals surface area contributed by atoms with Crippen LogP contribution in [0.15, 0.2) is 34.5 Å². The molecule has 3 aromatic rings. The average Bonchev–Trinajstić information content (AvgIpc) is 3.40. The summed E-state index contributed by atoms with van der Waals surface area (Å²) in [5.41, 5.74) is 12.5. The number of hydrogen-bond donors (Lipinski definition) is 6. The number of amidine groups is 1. The molecular weight excluding hydrogens is 589 g/mol. The molecule has 1 aromatic carbocycles. The Morgan fingerprint density at radius 1 is 1.31 bits per heavy atom. The largest absolute Gasteiger partial charge is 0.507 e. The van der Waals surface area contributed by atoms with Crippen LogP contribution in [0.3, 0.4) is 0 Å². The zero-order chi connectivity index (χ0) is 29.3. The lowest BCUT2D eigenvalue weighted by Crippen LogP contribution is -2.41. The van der Waals surface area contributed by atoms with Crippen LogP contribution >= 0.6 is 22.9 Å². The maximum atomic E-state index is 12.9. The number of carboxylic acid groups (broad SMARTS) is 1. The number of alkyl halides is 3. The van der Waals surface area contributed by atoms with Gasteiger partial charge in [0.1, 0.15) is 27.0 Å². The quantitative estimate of drug-likeness (QED) is 0.105. The number of phenols is 1. The minimum atomic E-state index is -5.08. The van der Waals surface area contributed by atoms with Gasteiger partial charge in [0.25, 0.3) is 10.0 Å². The number of nitrogens with zero attached hydrogens (tertiary/aromatic N) is 2. The Morgan fingerprint density at radius 3 is 2.54 bits per heavy atom. The summed E-state index contributed by atoms with van der Waals surface area (Å²) in [5.74, 6) is -3.80. The number of carbonyl (C=O) groups excluding carboxylic acids is 1. The number of carbonyl (C=O) groups is 2. The van der Waals surface area contributed by atoms with Gasteiger partial charge in [-0.1, -0.05) is 11.6 Å². The van der Waals surface area contributed by atoms with E-state index in [-0.39, 0.29) is 57.3 Å².